The number of hydrogen-bond acceptors (Lipinski definition) is 3. The summed E-state index contributed by atoms with van der Waals surface area (Å²) < 4.78 is 13.6. The number of anilines is 1. The van der Waals surface area contributed by atoms with Gasteiger partial charge >= 0.3 is 5.69 Å². The standard InChI is InChI=1S/C13H7Cl2FN2O3/c14-8-4-2-6-10(16)11(8)17-13(19)7-3-1-5-9(15)12(7)18(20)21/h1-6H,(H,17,19). The molecule has 2 rings (SSSR count). The number of carbonyl (C=O) groups is 1. The second-order valence-electron chi connectivity index (χ2n) is 3.94. The quantitative estimate of drug-likeness (QED) is 0.674. The zero-order valence-corrected chi connectivity index (χ0v) is 11.8. The van der Waals surface area contributed by atoms with E-state index in [1.165, 1.54) is 30.3 Å². The predicted molar refractivity (Wildman–Crippen MR) is 77.5 cm³/mol. The normalized spacial score (nSPS) is 10.2. The van der Waals surface area contributed by atoms with Crippen molar-refractivity contribution in [3.63, 3.8) is 0 Å². The van der Waals surface area contributed by atoms with E-state index in [0.29, 0.717) is 0 Å². The van der Waals surface area contributed by atoms with E-state index >= 15 is 0 Å². The Morgan fingerprint density at radius 2 is 1.76 bits per heavy atom. The van der Waals surface area contributed by atoms with Crippen molar-refractivity contribution in [1.82, 2.24) is 0 Å². The van der Waals surface area contributed by atoms with E-state index in [-0.39, 0.29) is 21.3 Å². The Labute approximate surface area is 128 Å². The first-order valence-electron chi connectivity index (χ1n) is 5.60. The average Bonchev–Trinajstić information content (AvgIpc) is 2.42. The van der Waals surface area contributed by atoms with Gasteiger partial charge in [0.15, 0.2) is 0 Å². The van der Waals surface area contributed by atoms with Gasteiger partial charge in [-0.05, 0) is 24.3 Å². The highest BCUT2D eigenvalue weighted by Gasteiger charge is 2.24. The van der Waals surface area contributed by atoms with Gasteiger partial charge in [0, 0.05) is 0 Å². The van der Waals surface area contributed by atoms with E-state index in [0.717, 1.165) is 6.07 Å². The minimum atomic E-state index is -0.879. The molecule has 0 fully saturated rings. The van der Waals surface area contributed by atoms with E-state index in [4.69, 9.17) is 23.2 Å². The summed E-state index contributed by atoms with van der Waals surface area (Å²) in [5, 5.41) is 13.0. The molecule has 1 N–H and O–H groups in total. The van der Waals surface area contributed by atoms with Crippen LogP contribution in [0.5, 0.6) is 0 Å². The van der Waals surface area contributed by atoms with E-state index < -0.39 is 22.3 Å². The van der Waals surface area contributed by atoms with E-state index in [9.17, 15) is 19.3 Å². The zero-order chi connectivity index (χ0) is 15.6. The molecular weight excluding hydrogens is 322 g/mol. The van der Waals surface area contributed by atoms with Gasteiger partial charge in [0.25, 0.3) is 5.91 Å². The largest absolute Gasteiger partial charge is 0.318 e. The number of nitro benzene ring substituents is 1. The second-order valence-corrected chi connectivity index (χ2v) is 4.76. The Morgan fingerprint density at radius 1 is 1.14 bits per heavy atom. The topological polar surface area (TPSA) is 72.2 Å². The van der Waals surface area contributed by atoms with Crippen LogP contribution >= 0.6 is 23.2 Å². The molecule has 21 heavy (non-hydrogen) atoms. The van der Waals surface area contributed by atoms with Crippen molar-refractivity contribution >= 4 is 40.5 Å². The summed E-state index contributed by atoms with van der Waals surface area (Å²) in [4.78, 5) is 22.3. The molecule has 108 valence electrons. The first-order valence-corrected chi connectivity index (χ1v) is 6.35. The molecule has 0 saturated heterocycles. The van der Waals surface area contributed by atoms with Crippen LogP contribution in [0.1, 0.15) is 10.4 Å². The van der Waals surface area contributed by atoms with Gasteiger partial charge in [0.2, 0.25) is 0 Å². The van der Waals surface area contributed by atoms with E-state index in [1.807, 2.05) is 0 Å². The monoisotopic (exact) mass is 328 g/mol. The van der Waals surface area contributed by atoms with Gasteiger partial charge in [-0.25, -0.2) is 4.39 Å². The van der Waals surface area contributed by atoms with E-state index in [1.54, 1.807) is 0 Å². The predicted octanol–water partition coefficient (Wildman–Crippen LogP) is 4.29. The number of hydrogen-bond donors (Lipinski definition) is 1. The number of benzene rings is 2. The second kappa shape index (κ2) is 6.07. The first kappa shape index (κ1) is 15.2. The van der Waals surface area contributed by atoms with Crippen LogP contribution in [0.4, 0.5) is 15.8 Å². The smallest absolute Gasteiger partial charge is 0.300 e. The van der Waals surface area contributed by atoms with Gasteiger partial charge in [-0.2, -0.15) is 0 Å². The molecule has 0 radical (unpaired) electrons. The third kappa shape index (κ3) is 3.12. The summed E-state index contributed by atoms with van der Waals surface area (Å²) in [7, 11) is 0. The Balaban J connectivity index is 2.43. The lowest BCUT2D eigenvalue weighted by atomic mass is 10.1. The highest BCUT2D eigenvalue weighted by Crippen LogP contribution is 2.30. The maximum atomic E-state index is 13.6. The molecule has 2 aromatic rings. The summed E-state index contributed by atoms with van der Waals surface area (Å²) in [6.45, 7) is 0. The summed E-state index contributed by atoms with van der Waals surface area (Å²) in [6.07, 6.45) is 0. The van der Waals surface area contributed by atoms with Crippen molar-refractivity contribution in [2.24, 2.45) is 0 Å². The van der Waals surface area contributed by atoms with Gasteiger partial charge in [-0.3, -0.25) is 14.9 Å². The Morgan fingerprint density at radius 3 is 2.38 bits per heavy atom. The van der Waals surface area contributed by atoms with Crippen LogP contribution in [0.15, 0.2) is 36.4 Å². The molecular formula is C13H7Cl2FN2O3. The summed E-state index contributed by atoms with van der Waals surface area (Å²) in [5.74, 6) is -1.63. The molecule has 0 unspecified atom stereocenters. The minimum Gasteiger partial charge on any atom is -0.318 e. The lowest BCUT2D eigenvalue weighted by Gasteiger charge is -2.09. The molecule has 2 aromatic carbocycles. The van der Waals surface area contributed by atoms with Crippen LogP contribution in [0.25, 0.3) is 0 Å². The zero-order valence-electron chi connectivity index (χ0n) is 10.3. The molecule has 5 nitrogen and oxygen atoms in total. The lowest BCUT2D eigenvalue weighted by Crippen LogP contribution is -2.15. The van der Waals surface area contributed by atoms with Crippen LogP contribution in [-0.2, 0) is 0 Å². The molecule has 0 saturated carbocycles. The fraction of sp³-hybridized carbons (Fsp3) is 0. The van der Waals surface area contributed by atoms with Gasteiger partial charge < -0.3 is 5.32 Å². The average molecular weight is 329 g/mol. The van der Waals surface area contributed by atoms with Gasteiger partial charge in [0.05, 0.1) is 15.6 Å². The number of nitrogens with one attached hydrogen (secondary N) is 1. The number of nitro groups is 1. The fourth-order valence-electron chi connectivity index (χ4n) is 1.68. The fourth-order valence-corrected chi connectivity index (χ4v) is 2.14. The van der Waals surface area contributed by atoms with Crippen LogP contribution in [-0.4, -0.2) is 10.8 Å². The maximum Gasteiger partial charge on any atom is 0.300 e. The van der Waals surface area contributed by atoms with Crippen molar-refractivity contribution in [2.45, 2.75) is 0 Å². The molecule has 0 aromatic heterocycles. The van der Waals surface area contributed by atoms with E-state index in [2.05, 4.69) is 5.32 Å². The van der Waals surface area contributed by atoms with Crippen molar-refractivity contribution in [2.75, 3.05) is 5.32 Å². The van der Waals surface area contributed by atoms with Crippen molar-refractivity contribution < 1.29 is 14.1 Å². The minimum absolute atomic E-state index is 0.0203. The summed E-state index contributed by atoms with van der Waals surface area (Å²) in [6, 6.07) is 7.74. The molecule has 0 aliphatic heterocycles. The number of carbonyl (C=O) groups excluding carboxylic acids is 1. The Kier molecular flexibility index (Phi) is 4.40. The highest BCUT2D eigenvalue weighted by atomic mass is 35.5. The Bertz CT molecular complexity index is 717. The van der Waals surface area contributed by atoms with Crippen LogP contribution in [0.3, 0.4) is 0 Å². The molecule has 1 amide bonds. The maximum absolute atomic E-state index is 13.6. The number of amides is 1. The molecule has 0 aliphatic rings. The van der Waals surface area contributed by atoms with Crippen LogP contribution in [0.2, 0.25) is 10.0 Å². The number of halogens is 3. The molecule has 0 bridgehead atoms. The summed E-state index contributed by atoms with van der Waals surface area (Å²) in [5.41, 5.74) is -1.09. The van der Waals surface area contributed by atoms with Gasteiger partial charge in [0.1, 0.15) is 16.4 Å². The number of rotatable bonds is 3. The van der Waals surface area contributed by atoms with Crippen molar-refractivity contribution in [3.05, 3.63) is 67.9 Å². The third-order valence-corrected chi connectivity index (χ3v) is 3.24. The van der Waals surface area contributed by atoms with Gasteiger partial charge in [-0.15, -0.1) is 0 Å². The number of para-hydroxylation sites is 2. The highest BCUT2D eigenvalue weighted by molar-refractivity contribution is 6.35. The molecule has 0 aliphatic carbocycles. The molecule has 8 heteroatoms. The SMILES string of the molecule is O=C(Nc1c(F)cccc1Cl)c1cccc(Cl)c1[N+](=O)[O-]. The van der Waals surface area contributed by atoms with Crippen LogP contribution < -0.4 is 5.32 Å². The third-order valence-electron chi connectivity index (χ3n) is 2.62. The first-order chi connectivity index (χ1) is 9.91. The lowest BCUT2D eigenvalue weighted by molar-refractivity contribution is -0.385. The summed E-state index contributed by atoms with van der Waals surface area (Å²) >= 11 is 11.5. The van der Waals surface area contributed by atoms with Crippen molar-refractivity contribution in [3.8, 4) is 0 Å². The molecule has 0 atom stereocenters. The Hall–Kier alpha value is -2.18. The van der Waals surface area contributed by atoms with Crippen molar-refractivity contribution in [1.29, 1.82) is 0 Å². The van der Waals surface area contributed by atoms with Crippen LogP contribution in [0, 0.1) is 15.9 Å². The molecule has 0 spiro atoms. The van der Waals surface area contributed by atoms with Gasteiger partial charge in [-0.1, -0.05) is 35.3 Å². The number of nitrogens with zero attached hydrogens (tertiary/aromatic N) is 1. The molecule has 0 heterocycles.